The maximum Gasteiger partial charge on any atom is 0.433 e. The summed E-state index contributed by atoms with van der Waals surface area (Å²) in [5, 5.41) is 0.288. The zero-order valence-electron chi connectivity index (χ0n) is 10.7. The van der Waals surface area contributed by atoms with Crippen LogP contribution in [-0.4, -0.2) is 15.8 Å². The van der Waals surface area contributed by atoms with Crippen LogP contribution < -0.4 is 0 Å². The summed E-state index contributed by atoms with van der Waals surface area (Å²) in [6.07, 6.45) is -1.75. The van der Waals surface area contributed by atoms with Gasteiger partial charge in [0, 0.05) is 25.2 Å². The third-order valence-corrected chi connectivity index (χ3v) is 2.92. The second-order valence-corrected chi connectivity index (χ2v) is 4.82. The zero-order chi connectivity index (χ0) is 15.5. The molecular formula is C14H10ClF3N2O. The van der Waals surface area contributed by atoms with Crippen LogP contribution in [0.25, 0.3) is 0 Å². The van der Waals surface area contributed by atoms with E-state index in [1.807, 2.05) is 0 Å². The standard InChI is InChI=1S/C14H10ClF3N2O/c15-13-7-9(3-4-19-13)5-11(21)6-10-1-2-12(20-8-10)14(16,17)18/h1-4,7-8H,5-6H2. The minimum atomic E-state index is -4.48. The number of pyridine rings is 2. The van der Waals surface area contributed by atoms with E-state index in [4.69, 9.17) is 11.6 Å². The van der Waals surface area contributed by atoms with E-state index in [1.54, 1.807) is 12.1 Å². The number of hydrogen-bond acceptors (Lipinski definition) is 3. The molecule has 7 heteroatoms. The molecule has 2 aromatic heterocycles. The number of aromatic nitrogens is 2. The molecule has 2 rings (SSSR count). The van der Waals surface area contributed by atoms with E-state index in [-0.39, 0.29) is 23.8 Å². The SMILES string of the molecule is O=C(Cc1ccc(C(F)(F)F)nc1)Cc1ccnc(Cl)c1. The van der Waals surface area contributed by atoms with Crippen molar-refractivity contribution in [2.45, 2.75) is 19.0 Å². The Bertz CT molecular complexity index is 641. The van der Waals surface area contributed by atoms with Crippen molar-refractivity contribution in [3.63, 3.8) is 0 Å². The van der Waals surface area contributed by atoms with Gasteiger partial charge in [0.05, 0.1) is 0 Å². The molecule has 0 fully saturated rings. The van der Waals surface area contributed by atoms with Gasteiger partial charge in [0.25, 0.3) is 0 Å². The molecule has 0 saturated heterocycles. The first-order chi connectivity index (χ1) is 9.84. The van der Waals surface area contributed by atoms with Gasteiger partial charge in [-0.05, 0) is 29.3 Å². The fourth-order valence-electron chi connectivity index (χ4n) is 1.77. The average Bonchev–Trinajstić information content (AvgIpc) is 2.38. The van der Waals surface area contributed by atoms with E-state index in [0.717, 1.165) is 12.3 Å². The van der Waals surface area contributed by atoms with Gasteiger partial charge in [0.1, 0.15) is 16.6 Å². The summed E-state index contributed by atoms with van der Waals surface area (Å²) in [5.74, 6) is -0.140. The van der Waals surface area contributed by atoms with Gasteiger partial charge < -0.3 is 0 Å². The molecule has 0 amide bonds. The van der Waals surface area contributed by atoms with Crippen LogP contribution in [0.4, 0.5) is 13.2 Å². The Kier molecular flexibility index (Phi) is 4.57. The number of rotatable bonds is 4. The van der Waals surface area contributed by atoms with Gasteiger partial charge in [-0.25, -0.2) is 4.98 Å². The van der Waals surface area contributed by atoms with Crippen molar-refractivity contribution in [1.29, 1.82) is 0 Å². The van der Waals surface area contributed by atoms with Crippen molar-refractivity contribution in [3.05, 3.63) is 58.6 Å². The molecule has 0 spiro atoms. The average molecular weight is 315 g/mol. The third-order valence-electron chi connectivity index (χ3n) is 2.71. The number of ketones is 1. The van der Waals surface area contributed by atoms with E-state index in [1.165, 1.54) is 12.3 Å². The highest BCUT2D eigenvalue weighted by atomic mass is 35.5. The van der Waals surface area contributed by atoms with E-state index in [0.29, 0.717) is 11.1 Å². The van der Waals surface area contributed by atoms with Gasteiger partial charge in [-0.3, -0.25) is 9.78 Å². The van der Waals surface area contributed by atoms with Crippen LogP contribution in [0.5, 0.6) is 0 Å². The smallest absolute Gasteiger partial charge is 0.299 e. The highest BCUT2D eigenvalue weighted by Crippen LogP contribution is 2.27. The van der Waals surface area contributed by atoms with Crippen molar-refractivity contribution in [2.75, 3.05) is 0 Å². The molecule has 0 unspecified atom stereocenters. The molecule has 0 N–H and O–H groups in total. The number of carbonyl (C=O) groups is 1. The summed E-state index contributed by atoms with van der Waals surface area (Å²) < 4.78 is 37.1. The lowest BCUT2D eigenvalue weighted by atomic mass is 10.0. The van der Waals surface area contributed by atoms with Crippen LogP contribution >= 0.6 is 11.6 Å². The predicted molar refractivity (Wildman–Crippen MR) is 70.9 cm³/mol. The Hall–Kier alpha value is -1.95. The fraction of sp³-hybridized carbons (Fsp3) is 0.214. The lowest BCUT2D eigenvalue weighted by Gasteiger charge is -2.06. The van der Waals surface area contributed by atoms with E-state index >= 15 is 0 Å². The summed E-state index contributed by atoms with van der Waals surface area (Å²) in [4.78, 5) is 19.0. The van der Waals surface area contributed by atoms with Crippen molar-refractivity contribution >= 4 is 17.4 Å². The molecule has 21 heavy (non-hydrogen) atoms. The Morgan fingerprint density at radius 3 is 2.38 bits per heavy atom. The maximum atomic E-state index is 12.4. The molecule has 0 atom stereocenters. The minimum absolute atomic E-state index is 0.0189. The summed E-state index contributed by atoms with van der Waals surface area (Å²) in [7, 11) is 0. The summed E-state index contributed by atoms with van der Waals surface area (Å²) in [6.45, 7) is 0. The van der Waals surface area contributed by atoms with Gasteiger partial charge >= 0.3 is 6.18 Å². The van der Waals surface area contributed by atoms with Crippen LogP contribution in [-0.2, 0) is 23.8 Å². The molecule has 2 heterocycles. The van der Waals surface area contributed by atoms with Crippen LogP contribution in [0.15, 0.2) is 36.7 Å². The van der Waals surface area contributed by atoms with Crippen LogP contribution in [0.3, 0.4) is 0 Å². The number of Topliss-reactive ketones (excluding diaryl/α,β-unsaturated/α-hetero) is 1. The zero-order valence-corrected chi connectivity index (χ0v) is 11.4. The molecule has 0 aliphatic rings. The molecule has 0 bridgehead atoms. The number of hydrogen-bond donors (Lipinski definition) is 0. The molecule has 0 aliphatic carbocycles. The van der Waals surface area contributed by atoms with E-state index < -0.39 is 11.9 Å². The largest absolute Gasteiger partial charge is 0.433 e. The van der Waals surface area contributed by atoms with Crippen molar-refractivity contribution < 1.29 is 18.0 Å². The number of halogens is 4. The van der Waals surface area contributed by atoms with Gasteiger partial charge in [-0.15, -0.1) is 0 Å². The molecule has 110 valence electrons. The van der Waals surface area contributed by atoms with Gasteiger partial charge in [0.2, 0.25) is 0 Å². The second-order valence-electron chi connectivity index (χ2n) is 4.43. The van der Waals surface area contributed by atoms with Gasteiger partial charge in [-0.1, -0.05) is 17.7 Å². The maximum absolute atomic E-state index is 12.4. The third kappa shape index (κ3) is 4.53. The highest BCUT2D eigenvalue weighted by Gasteiger charge is 2.32. The minimum Gasteiger partial charge on any atom is -0.299 e. The fourth-order valence-corrected chi connectivity index (χ4v) is 1.96. The predicted octanol–water partition coefficient (Wildman–Crippen LogP) is 3.50. The lowest BCUT2D eigenvalue weighted by Crippen LogP contribution is -2.10. The normalized spacial score (nSPS) is 11.4. The molecule has 0 aromatic carbocycles. The number of alkyl halides is 3. The van der Waals surface area contributed by atoms with Crippen LogP contribution in [0, 0.1) is 0 Å². The lowest BCUT2D eigenvalue weighted by molar-refractivity contribution is -0.141. The highest BCUT2D eigenvalue weighted by molar-refractivity contribution is 6.29. The summed E-state index contributed by atoms with van der Waals surface area (Å²) in [5.41, 5.74) is 0.174. The molecule has 0 radical (unpaired) electrons. The molecule has 0 saturated carbocycles. The monoisotopic (exact) mass is 314 g/mol. The summed E-state index contributed by atoms with van der Waals surface area (Å²) >= 11 is 5.71. The molecular weight excluding hydrogens is 305 g/mol. The van der Waals surface area contributed by atoms with Crippen LogP contribution in [0.1, 0.15) is 16.8 Å². The van der Waals surface area contributed by atoms with Gasteiger partial charge in [-0.2, -0.15) is 13.2 Å². The van der Waals surface area contributed by atoms with Crippen molar-refractivity contribution in [2.24, 2.45) is 0 Å². The molecule has 2 aromatic rings. The first-order valence-corrected chi connectivity index (χ1v) is 6.36. The topological polar surface area (TPSA) is 42.9 Å². The number of carbonyl (C=O) groups excluding carboxylic acids is 1. The molecule has 3 nitrogen and oxygen atoms in total. The Morgan fingerprint density at radius 2 is 1.81 bits per heavy atom. The van der Waals surface area contributed by atoms with Gasteiger partial charge in [0.15, 0.2) is 0 Å². The van der Waals surface area contributed by atoms with E-state index in [9.17, 15) is 18.0 Å². The Labute approximate surface area is 123 Å². The second kappa shape index (κ2) is 6.22. The first-order valence-electron chi connectivity index (χ1n) is 5.99. The Balaban J connectivity index is 2.00. The van der Waals surface area contributed by atoms with Crippen molar-refractivity contribution in [3.8, 4) is 0 Å². The first kappa shape index (κ1) is 15.4. The van der Waals surface area contributed by atoms with Crippen molar-refractivity contribution in [1.82, 2.24) is 9.97 Å². The number of nitrogens with zero attached hydrogens (tertiary/aromatic N) is 2. The quantitative estimate of drug-likeness (QED) is 0.811. The Morgan fingerprint density at radius 1 is 1.10 bits per heavy atom. The molecule has 0 aliphatic heterocycles. The summed E-state index contributed by atoms with van der Waals surface area (Å²) in [6, 6.07) is 5.36. The van der Waals surface area contributed by atoms with E-state index in [2.05, 4.69) is 9.97 Å². The van der Waals surface area contributed by atoms with Crippen LogP contribution in [0.2, 0.25) is 5.15 Å².